The second-order valence-corrected chi connectivity index (χ2v) is 5.58. The number of hydrogen-bond acceptors (Lipinski definition) is 2. The smallest absolute Gasteiger partial charge is 0.244 e. The largest absolute Gasteiger partial charge is 0.496 e. The van der Waals surface area contributed by atoms with Gasteiger partial charge in [0.1, 0.15) is 11.6 Å². The van der Waals surface area contributed by atoms with E-state index in [0.717, 1.165) is 28.9 Å². The minimum Gasteiger partial charge on any atom is -0.496 e. The third kappa shape index (κ3) is 4.69. The van der Waals surface area contributed by atoms with E-state index < -0.39 is 0 Å². The van der Waals surface area contributed by atoms with E-state index in [4.69, 9.17) is 4.74 Å². The van der Waals surface area contributed by atoms with Crippen molar-refractivity contribution in [1.82, 2.24) is 5.32 Å². The van der Waals surface area contributed by atoms with Crippen molar-refractivity contribution >= 4 is 12.0 Å². The van der Waals surface area contributed by atoms with Crippen LogP contribution in [0.4, 0.5) is 4.39 Å². The highest BCUT2D eigenvalue weighted by Crippen LogP contribution is 2.24. The summed E-state index contributed by atoms with van der Waals surface area (Å²) >= 11 is 0. The summed E-state index contributed by atoms with van der Waals surface area (Å²) in [5, 5.41) is 2.99. The van der Waals surface area contributed by atoms with E-state index in [0.29, 0.717) is 0 Å². The molecule has 1 amide bonds. The molecule has 1 unspecified atom stereocenters. The zero-order chi connectivity index (χ0) is 17.5. The molecule has 0 aliphatic carbocycles. The topological polar surface area (TPSA) is 38.3 Å². The molecule has 0 spiro atoms. The summed E-state index contributed by atoms with van der Waals surface area (Å²) in [5.41, 5.74) is 2.85. The average molecular weight is 327 g/mol. The van der Waals surface area contributed by atoms with Gasteiger partial charge in [-0.25, -0.2) is 4.39 Å². The quantitative estimate of drug-likeness (QED) is 0.798. The molecule has 2 aromatic carbocycles. The molecule has 1 N–H and O–H groups in total. The average Bonchev–Trinajstić information content (AvgIpc) is 2.59. The predicted molar refractivity (Wildman–Crippen MR) is 94.3 cm³/mol. The minimum atomic E-state index is -0.294. The molecule has 0 saturated carbocycles. The number of halogens is 1. The van der Waals surface area contributed by atoms with E-state index in [1.807, 2.05) is 32.0 Å². The summed E-state index contributed by atoms with van der Waals surface area (Å²) in [6.45, 7) is 4.00. The maximum Gasteiger partial charge on any atom is 0.244 e. The van der Waals surface area contributed by atoms with Crippen LogP contribution < -0.4 is 10.1 Å². The summed E-state index contributed by atoms with van der Waals surface area (Å²) in [6.07, 6.45) is 3.91. The molecule has 0 aliphatic heterocycles. The first-order valence-corrected chi connectivity index (χ1v) is 7.92. The van der Waals surface area contributed by atoms with Gasteiger partial charge in [-0.05, 0) is 54.3 Å². The molecule has 0 saturated heterocycles. The van der Waals surface area contributed by atoms with Crippen molar-refractivity contribution in [1.29, 1.82) is 0 Å². The Balaban J connectivity index is 2.05. The van der Waals surface area contributed by atoms with Crippen molar-refractivity contribution in [2.45, 2.75) is 26.3 Å². The van der Waals surface area contributed by atoms with Gasteiger partial charge in [0.25, 0.3) is 0 Å². The van der Waals surface area contributed by atoms with Crippen LogP contribution in [-0.2, 0) is 4.79 Å². The van der Waals surface area contributed by atoms with Gasteiger partial charge in [-0.15, -0.1) is 0 Å². The second-order valence-electron chi connectivity index (χ2n) is 5.58. The van der Waals surface area contributed by atoms with Crippen LogP contribution in [-0.4, -0.2) is 13.0 Å². The summed E-state index contributed by atoms with van der Waals surface area (Å²) < 4.78 is 18.1. The van der Waals surface area contributed by atoms with Crippen LogP contribution in [0.2, 0.25) is 0 Å². The maximum atomic E-state index is 12.9. The molecule has 0 fully saturated rings. The lowest BCUT2D eigenvalue weighted by molar-refractivity contribution is -0.117. The third-order valence-electron chi connectivity index (χ3n) is 3.84. The number of nitrogens with one attached hydrogen (secondary N) is 1. The van der Waals surface area contributed by atoms with Crippen molar-refractivity contribution in [3.63, 3.8) is 0 Å². The molecule has 2 rings (SSSR count). The molecule has 0 aliphatic rings. The highest BCUT2D eigenvalue weighted by Gasteiger charge is 2.12. The SMILES string of the molecule is CCC(NC(=O)/C=C/c1ccc(F)cc1)c1ccc(OC)c(C)c1. The van der Waals surface area contributed by atoms with Crippen LogP contribution in [0.15, 0.2) is 48.5 Å². The molecule has 0 heterocycles. The van der Waals surface area contributed by atoms with Gasteiger partial charge in [0, 0.05) is 6.08 Å². The monoisotopic (exact) mass is 327 g/mol. The van der Waals surface area contributed by atoms with Crippen LogP contribution in [0.5, 0.6) is 5.75 Å². The molecule has 126 valence electrons. The molecular weight excluding hydrogens is 305 g/mol. The number of rotatable bonds is 6. The Morgan fingerprint density at radius 2 is 1.96 bits per heavy atom. The van der Waals surface area contributed by atoms with Crippen LogP contribution >= 0.6 is 0 Å². The number of carbonyl (C=O) groups is 1. The first kappa shape index (κ1) is 17.7. The van der Waals surface area contributed by atoms with Crippen LogP contribution in [0.25, 0.3) is 6.08 Å². The number of hydrogen-bond donors (Lipinski definition) is 1. The number of carbonyl (C=O) groups excluding carboxylic acids is 1. The Morgan fingerprint density at radius 3 is 2.54 bits per heavy atom. The fraction of sp³-hybridized carbons (Fsp3) is 0.250. The van der Waals surface area contributed by atoms with Crippen molar-refractivity contribution in [3.8, 4) is 5.75 Å². The molecule has 4 heteroatoms. The summed E-state index contributed by atoms with van der Waals surface area (Å²) in [7, 11) is 1.64. The van der Waals surface area contributed by atoms with E-state index >= 15 is 0 Å². The molecule has 0 aromatic heterocycles. The lowest BCUT2D eigenvalue weighted by atomic mass is 10.0. The van der Waals surface area contributed by atoms with Gasteiger partial charge >= 0.3 is 0 Å². The number of ether oxygens (including phenoxy) is 1. The zero-order valence-corrected chi connectivity index (χ0v) is 14.2. The Morgan fingerprint density at radius 1 is 1.25 bits per heavy atom. The Bertz CT molecular complexity index is 723. The zero-order valence-electron chi connectivity index (χ0n) is 14.2. The van der Waals surface area contributed by atoms with Crippen molar-refractivity contribution < 1.29 is 13.9 Å². The number of aryl methyl sites for hydroxylation is 1. The third-order valence-corrected chi connectivity index (χ3v) is 3.84. The standard InChI is InChI=1S/C20H22FNO2/c1-4-18(16-8-11-19(24-3)14(2)13-16)22-20(23)12-7-15-5-9-17(21)10-6-15/h5-13,18H,4H2,1-3H3,(H,22,23)/b12-7+. The van der Waals surface area contributed by atoms with E-state index in [1.54, 1.807) is 25.3 Å². The van der Waals surface area contributed by atoms with Gasteiger partial charge in [0.05, 0.1) is 13.2 Å². The van der Waals surface area contributed by atoms with E-state index in [1.165, 1.54) is 18.2 Å². The fourth-order valence-electron chi connectivity index (χ4n) is 2.51. The van der Waals surface area contributed by atoms with Crippen molar-refractivity contribution in [3.05, 3.63) is 71.0 Å². The highest BCUT2D eigenvalue weighted by atomic mass is 19.1. The Kier molecular flexibility index (Phi) is 6.13. The molecular formula is C20H22FNO2. The molecule has 0 bridgehead atoms. The molecule has 0 radical (unpaired) electrons. The van der Waals surface area contributed by atoms with Crippen LogP contribution in [0, 0.1) is 12.7 Å². The number of methoxy groups -OCH3 is 1. The summed E-state index contributed by atoms with van der Waals surface area (Å²) in [4.78, 5) is 12.1. The van der Waals surface area contributed by atoms with E-state index in [9.17, 15) is 9.18 Å². The molecule has 24 heavy (non-hydrogen) atoms. The van der Waals surface area contributed by atoms with Crippen LogP contribution in [0.1, 0.15) is 36.1 Å². The van der Waals surface area contributed by atoms with Crippen LogP contribution in [0.3, 0.4) is 0 Å². The first-order valence-electron chi connectivity index (χ1n) is 7.92. The lowest BCUT2D eigenvalue weighted by Crippen LogP contribution is -2.26. The summed E-state index contributed by atoms with van der Waals surface area (Å²) in [5.74, 6) is 0.355. The van der Waals surface area contributed by atoms with Gasteiger partial charge in [0.15, 0.2) is 0 Å². The normalized spacial score (nSPS) is 12.2. The van der Waals surface area contributed by atoms with Gasteiger partial charge < -0.3 is 10.1 Å². The lowest BCUT2D eigenvalue weighted by Gasteiger charge is -2.18. The molecule has 3 nitrogen and oxygen atoms in total. The fourth-order valence-corrected chi connectivity index (χ4v) is 2.51. The second kappa shape index (κ2) is 8.29. The Labute approximate surface area is 142 Å². The van der Waals surface area contributed by atoms with Gasteiger partial charge in [-0.2, -0.15) is 0 Å². The van der Waals surface area contributed by atoms with E-state index in [2.05, 4.69) is 5.32 Å². The van der Waals surface area contributed by atoms with Crippen molar-refractivity contribution in [2.24, 2.45) is 0 Å². The van der Waals surface area contributed by atoms with Gasteiger partial charge in [0.2, 0.25) is 5.91 Å². The summed E-state index contributed by atoms with van der Waals surface area (Å²) in [6, 6.07) is 11.8. The first-order chi connectivity index (χ1) is 11.5. The maximum absolute atomic E-state index is 12.9. The predicted octanol–water partition coefficient (Wildman–Crippen LogP) is 4.42. The minimum absolute atomic E-state index is 0.0695. The van der Waals surface area contributed by atoms with Crippen molar-refractivity contribution in [2.75, 3.05) is 7.11 Å². The molecule has 1 atom stereocenters. The van der Waals surface area contributed by atoms with Gasteiger partial charge in [-0.1, -0.05) is 31.2 Å². The van der Waals surface area contributed by atoms with E-state index in [-0.39, 0.29) is 17.8 Å². The number of amides is 1. The molecule has 2 aromatic rings. The van der Waals surface area contributed by atoms with Gasteiger partial charge in [-0.3, -0.25) is 4.79 Å². The number of benzene rings is 2. The highest BCUT2D eigenvalue weighted by molar-refractivity contribution is 5.92. The Hall–Kier alpha value is -2.62.